The van der Waals surface area contributed by atoms with E-state index in [-0.39, 0.29) is 10.6 Å². The van der Waals surface area contributed by atoms with Gasteiger partial charge < -0.3 is 14.6 Å². The second-order valence-corrected chi connectivity index (χ2v) is 4.66. The van der Waals surface area contributed by atoms with Crippen molar-refractivity contribution in [3.8, 4) is 0 Å². The Balaban J connectivity index is 2.11. The van der Waals surface area contributed by atoms with Gasteiger partial charge in [0, 0.05) is 13.7 Å². The molecule has 1 N–H and O–H groups in total. The Labute approximate surface area is 126 Å². The highest BCUT2D eigenvalue weighted by Crippen LogP contribution is 2.15. The topological polar surface area (TPSA) is 86.9 Å². The molecule has 0 bridgehead atoms. The van der Waals surface area contributed by atoms with Crippen molar-refractivity contribution in [3.05, 3.63) is 33.7 Å². The van der Waals surface area contributed by atoms with Gasteiger partial charge in [0.15, 0.2) is 5.82 Å². The summed E-state index contributed by atoms with van der Waals surface area (Å²) in [6, 6.07) is 0. The molecule has 0 unspecified atom stereocenters. The third-order valence-electron chi connectivity index (χ3n) is 2.97. The summed E-state index contributed by atoms with van der Waals surface area (Å²) in [6.45, 7) is 3.94. The molecule has 0 radical (unpaired) electrons. The molecular weight excluding hydrogens is 296 g/mol. The number of methoxy groups -OCH3 is 1. The minimum atomic E-state index is -0.351. The summed E-state index contributed by atoms with van der Waals surface area (Å²) in [4.78, 5) is 12.0. The summed E-state index contributed by atoms with van der Waals surface area (Å²) in [5, 5.41) is 15.0. The van der Waals surface area contributed by atoms with E-state index >= 15 is 0 Å². The summed E-state index contributed by atoms with van der Waals surface area (Å²) >= 11 is 6.07. The minimum absolute atomic E-state index is 0.101. The zero-order chi connectivity index (χ0) is 15.2. The number of hydrogen-bond acceptors (Lipinski definition) is 6. The monoisotopic (exact) mass is 312 g/mol. The fraction of sp³-hybridized carbons (Fsp3) is 0.500. The zero-order valence-electron chi connectivity index (χ0n) is 11.9. The molecule has 2 rings (SSSR count). The molecule has 0 fully saturated rings. The zero-order valence-corrected chi connectivity index (χ0v) is 12.7. The maximum Gasteiger partial charge on any atom is 0.287 e. The van der Waals surface area contributed by atoms with E-state index in [9.17, 15) is 4.79 Å². The maximum atomic E-state index is 12.0. The average Bonchev–Trinajstić information content (AvgIpc) is 2.95. The predicted octanol–water partition coefficient (Wildman–Crippen LogP) is 0.767. The van der Waals surface area contributed by atoms with Crippen LogP contribution in [0.4, 0.5) is 5.69 Å². The highest BCUT2D eigenvalue weighted by Gasteiger charge is 2.10. The fourth-order valence-electron chi connectivity index (χ4n) is 1.78. The van der Waals surface area contributed by atoms with Gasteiger partial charge in [0.05, 0.1) is 31.6 Å². The largest absolute Gasteiger partial charge is 0.383 e. The van der Waals surface area contributed by atoms with Gasteiger partial charge in [-0.15, -0.1) is 10.2 Å². The molecule has 8 nitrogen and oxygen atoms in total. The van der Waals surface area contributed by atoms with Crippen molar-refractivity contribution >= 4 is 17.3 Å². The van der Waals surface area contributed by atoms with Gasteiger partial charge in [0.1, 0.15) is 11.3 Å². The predicted molar refractivity (Wildman–Crippen MR) is 78.4 cm³/mol. The van der Waals surface area contributed by atoms with Crippen LogP contribution in [0.25, 0.3) is 0 Å². The molecule has 0 amide bonds. The van der Waals surface area contributed by atoms with Gasteiger partial charge >= 0.3 is 0 Å². The molecule has 0 saturated heterocycles. The summed E-state index contributed by atoms with van der Waals surface area (Å²) < 4.78 is 8.08. The molecule has 2 aromatic rings. The number of ether oxygens (including phenoxy) is 1. The van der Waals surface area contributed by atoms with Crippen LogP contribution in [0.5, 0.6) is 0 Å². The van der Waals surface area contributed by atoms with Crippen LogP contribution < -0.4 is 10.9 Å². The van der Waals surface area contributed by atoms with Crippen LogP contribution in [-0.2, 0) is 24.4 Å². The molecule has 0 saturated carbocycles. The Hall–Kier alpha value is -1.93. The molecule has 0 aliphatic rings. The fourth-order valence-corrected chi connectivity index (χ4v) is 1.99. The second-order valence-electron chi connectivity index (χ2n) is 4.28. The van der Waals surface area contributed by atoms with Crippen molar-refractivity contribution < 1.29 is 4.74 Å². The highest BCUT2D eigenvalue weighted by atomic mass is 35.5. The Morgan fingerprint density at radius 2 is 2.29 bits per heavy atom. The summed E-state index contributed by atoms with van der Waals surface area (Å²) in [5.74, 6) is 0.761. The van der Waals surface area contributed by atoms with Crippen molar-refractivity contribution in [2.45, 2.75) is 26.6 Å². The molecular formula is C12H17ClN6O2. The van der Waals surface area contributed by atoms with E-state index in [1.54, 1.807) is 13.4 Å². The lowest BCUT2D eigenvalue weighted by molar-refractivity contribution is 0.182. The first-order chi connectivity index (χ1) is 10.2. The van der Waals surface area contributed by atoms with Crippen LogP contribution in [0.2, 0.25) is 5.02 Å². The number of halogens is 1. The van der Waals surface area contributed by atoms with Gasteiger partial charge in [-0.2, -0.15) is 5.10 Å². The number of anilines is 1. The number of rotatable bonds is 7. The Bertz CT molecular complexity index is 653. The van der Waals surface area contributed by atoms with Crippen LogP contribution in [0, 0.1) is 0 Å². The lowest BCUT2D eigenvalue weighted by atomic mass is 10.4. The smallest absolute Gasteiger partial charge is 0.287 e. The lowest BCUT2D eigenvalue weighted by Crippen LogP contribution is -2.26. The third-order valence-corrected chi connectivity index (χ3v) is 3.33. The van der Waals surface area contributed by atoms with Gasteiger partial charge in [0.25, 0.3) is 5.56 Å². The molecule has 21 heavy (non-hydrogen) atoms. The van der Waals surface area contributed by atoms with E-state index in [4.69, 9.17) is 16.3 Å². The summed E-state index contributed by atoms with van der Waals surface area (Å²) in [7, 11) is 1.56. The summed E-state index contributed by atoms with van der Waals surface area (Å²) in [6.07, 6.45) is 3.17. The SMILES string of the molecule is CCn1cnnc1CNc1cnn(CCOC)c(=O)c1Cl. The first kappa shape index (κ1) is 15.5. The van der Waals surface area contributed by atoms with Crippen molar-refractivity contribution in [2.75, 3.05) is 19.0 Å². The number of hydrogen-bond donors (Lipinski definition) is 1. The van der Waals surface area contributed by atoms with Crippen molar-refractivity contribution in [1.29, 1.82) is 0 Å². The molecule has 114 valence electrons. The molecule has 0 spiro atoms. The number of nitrogens with zero attached hydrogens (tertiary/aromatic N) is 5. The molecule has 2 heterocycles. The van der Waals surface area contributed by atoms with E-state index in [1.807, 2.05) is 11.5 Å². The number of nitrogens with one attached hydrogen (secondary N) is 1. The van der Waals surface area contributed by atoms with E-state index in [2.05, 4.69) is 20.6 Å². The number of aromatic nitrogens is 5. The number of aryl methyl sites for hydroxylation is 1. The molecule has 2 aromatic heterocycles. The molecule has 0 atom stereocenters. The quantitative estimate of drug-likeness (QED) is 0.812. The highest BCUT2D eigenvalue weighted by molar-refractivity contribution is 6.32. The van der Waals surface area contributed by atoms with Crippen LogP contribution >= 0.6 is 11.6 Å². The van der Waals surface area contributed by atoms with Crippen molar-refractivity contribution in [3.63, 3.8) is 0 Å². The normalized spacial score (nSPS) is 10.8. The summed E-state index contributed by atoms with van der Waals surface area (Å²) in [5.41, 5.74) is 0.122. The van der Waals surface area contributed by atoms with Crippen LogP contribution in [0.15, 0.2) is 17.3 Å². The van der Waals surface area contributed by atoms with Crippen molar-refractivity contribution in [1.82, 2.24) is 24.5 Å². The Morgan fingerprint density at radius 1 is 1.48 bits per heavy atom. The van der Waals surface area contributed by atoms with E-state index in [0.717, 1.165) is 12.4 Å². The van der Waals surface area contributed by atoms with E-state index < -0.39 is 0 Å². The minimum Gasteiger partial charge on any atom is -0.383 e. The van der Waals surface area contributed by atoms with E-state index in [1.165, 1.54) is 10.9 Å². The van der Waals surface area contributed by atoms with Crippen molar-refractivity contribution in [2.24, 2.45) is 0 Å². The average molecular weight is 313 g/mol. The van der Waals surface area contributed by atoms with Gasteiger partial charge in [-0.25, -0.2) is 4.68 Å². The van der Waals surface area contributed by atoms with Crippen LogP contribution in [0.3, 0.4) is 0 Å². The maximum absolute atomic E-state index is 12.0. The molecule has 0 aliphatic carbocycles. The third kappa shape index (κ3) is 3.59. The molecule has 9 heteroatoms. The van der Waals surface area contributed by atoms with Gasteiger partial charge in [-0.3, -0.25) is 4.79 Å². The Morgan fingerprint density at radius 3 is 3.00 bits per heavy atom. The van der Waals surface area contributed by atoms with Crippen LogP contribution in [-0.4, -0.2) is 38.3 Å². The molecule has 0 aliphatic heterocycles. The first-order valence-electron chi connectivity index (χ1n) is 6.52. The second kappa shape index (κ2) is 7.19. The standard InChI is InChI=1S/C12H17ClN6O2/c1-3-18-8-15-17-10(18)7-14-9-6-16-19(4-5-21-2)12(20)11(9)13/h6,8,14H,3-5,7H2,1-2H3. The van der Waals surface area contributed by atoms with Gasteiger partial charge in [0.2, 0.25) is 0 Å². The first-order valence-corrected chi connectivity index (χ1v) is 6.90. The lowest BCUT2D eigenvalue weighted by Gasteiger charge is -2.10. The van der Waals surface area contributed by atoms with E-state index in [0.29, 0.717) is 25.4 Å². The van der Waals surface area contributed by atoms with Gasteiger partial charge in [-0.1, -0.05) is 11.6 Å². The van der Waals surface area contributed by atoms with Gasteiger partial charge in [-0.05, 0) is 6.92 Å². The van der Waals surface area contributed by atoms with Crippen LogP contribution in [0.1, 0.15) is 12.7 Å². The molecule has 0 aromatic carbocycles. The Kier molecular flexibility index (Phi) is 5.29.